The highest BCUT2D eigenvalue weighted by Gasteiger charge is 2.36. The lowest BCUT2D eigenvalue weighted by Crippen LogP contribution is -2.50. The van der Waals surface area contributed by atoms with E-state index in [9.17, 15) is 14.4 Å². The Morgan fingerprint density at radius 1 is 1.04 bits per heavy atom. The maximum absolute atomic E-state index is 12.9. The fraction of sp³-hybridized carbons (Fsp3) is 0.350. The van der Waals surface area contributed by atoms with Gasteiger partial charge >= 0.3 is 0 Å². The van der Waals surface area contributed by atoms with Crippen molar-refractivity contribution in [3.05, 3.63) is 68.9 Å². The summed E-state index contributed by atoms with van der Waals surface area (Å²) in [5, 5.41) is 8.42. The zero-order valence-corrected chi connectivity index (χ0v) is 15.2. The molecular weight excluding hydrogens is 358 g/mol. The number of amides is 1. The van der Waals surface area contributed by atoms with Crippen LogP contribution in [0.15, 0.2) is 52.1 Å². The van der Waals surface area contributed by atoms with Crippen LogP contribution in [0.5, 0.6) is 0 Å². The molecule has 8 heteroatoms. The number of fused-ring (bicyclic) bond motifs is 5. The van der Waals surface area contributed by atoms with Crippen LogP contribution in [0.25, 0.3) is 10.9 Å². The number of piperidine rings is 1. The fourth-order valence-electron chi connectivity index (χ4n) is 4.46. The number of likely N-dealkylation sites (tertiary alicyclic amines) is 1. The van der Waals surface area contributed by atoms with Crippen LogP contribution in [0.2, 0.25) is 0 Å². The van der Waals surface area contributed by atoms with E-state index < -0.39 is 0 Å². The fourth-order valence-corrected chi connectivity index (χ4v) is 4.46. The van der Waals surface area contributed by atoms with Crippen molar-refractivity contribution in [1.82, 2.24) is 24.5 Å². The van der Waals surface area contributed by atoms with Gasteiger partial charge in [-0.05, 0) is 30.5 Å². The van der Waals surface area contributed by atoms with Crippen molar-refractivity contribution in [1.29, 1.82) is 0 Å². The van der Waals surface area contributed by atoms with Gasteiger partial charge in [-0.2, -0.15) is 0 Å². The molecule has 1 aromatic carbocycles. The molecule has 0 saturated carbocycles. The zero-order valence-electron chi connectivity index (χ0n) is 15.2. The second kappa shape index (κ2) is 6.40. The maximum atomic E-state index is 12.9. The predicted octanol–water partition coefficient (Wildman–Crippen LogP) is 0.599. The number of hydrogen-bond donors (Lipinski definition) is 0. The van der Waals surface area contributed by atoms with Crippen LogP contribution in [-0.4, -0.2) is 43.5 Å². The van der Waals surface area contributed by atoms with Crippen LogP contribution in [0, 0.1) is 5.92 Å². The Hall–Kier alpha value is -3.29. The highest BCUT2D eigenvalue weighted by molar-refractivity contribution is 5.78. The first-order chi connectivity index (χ1) is 13.6. The van der Waals surface area contributed by atoms with Crippen molar-refractivity contribution in [2.45, 2.75) is 25.4 Å². The summed E-state index contributed by atoms with van der Waals surface area (Å²) in [4.78, 5) is 39.4. The summed E-state index contributed by atoms with van der Waals surface area (Å²) in [7, 11) is 0. The lowest BCUT2D eigenvalue weighted by atomic mass is 9.83. The van der Waals surface area contributed by atoms with Gasteiger partial charge in [-0.3, -0.25) is 14.4 Å². The molecule has 2 aliphatic heterocycles. The first-order valence-electron chi connectivity index (χ1n) is 9.40. The van der Waals surface area contributed by atoms with Crippen molar-refractivity contribution in [2.75, 3.05) is 13.1 Å². The molecule has 8 nitrogen and oxygen atoms in total. The van der Waals surface area contributed by atoms with E-state index in [0.717, 1.165) is 16.8 Å². The molecule has 4 heterocycles. The quantitative estimate of drug-likeness (QED) is 0.652. The molecule has 0 radical (unpaired) electrons. The van der Waals surface area contributed by atoms with E-state index in [1.165, 1.54) is 0 Å². The standard InChI is InChI=1S/C20H19N5O3/c26-18-7-3-6-17-14-8-13(10-24(17)18)9-23(11-14)19(27)12-25-20(28)15-4-1-2-5-16(15)21-22-25/h1-7,13-14H,8-12H2/t13-,14+/m0/s1. The Labute approximate surface area is 160 Å². The molecule has 28 heavy (non-hydrogen) atoms. The highest BCUT2D eigenvalue weighted by Crippen LogP contribution is 2.34. The SMILES string of the molecule is O=C(Cn1nnc2ccccc2c1=O)N1C[C@@H]2C[C@H](C1)c1cccc(=O)n1C2. The van der Waals surface area contributed by atoms with Crippen LogP contribution in [0.1, 0.15) is 18.0 Å². The number of carbonyl (C=O) groups excluding carboxylic acids is 1. The number of aromatic nitrogens is 4. The van der Waals surface area contributed by atoms with E-state index >= 15 is 0 Å². The topological polar surface area (TPSA) is 90.1 Å². The number of carbonyl (C=O) groups is 1. The summed E-state index contributed by atoms with van der Waals surface area (Å²) in [6, 6.07) is 12.3. The first kappa shape index (κ1) is 16.9. The number of rotatable bonds is 2. The second-order valence-electron chi connectivity index (χ2n) is 7.57. The van der Waals surface area contributed by atoms with Gasteiger partial charge in [-0.15, -0.1) is 5.10 Å². The molecular formula is C20H19N5O3. The normalized spacial score (nSPS) is 20.8. The number of benzene rings is 1. The van der Waals surface area contributed by atoms with Gasteiger partial charge in [0, 0.05) is 37.3 Å². The molecule has 1 amide bonds. The summed E-state index contributed by atoms with van der Waals surface area (Å²) in [5.74, 6) is 0.243. The molecule has 142 valence electrons. The third kappa shape index (κ3) is 2.72. The van der Waals surface area contributed by atoms with Gasteiger partial charge < -0.3 is 9.47 Å². The van der Waals surface area contributed by atoms with Gasteiger partial charge in [0.2, 0.25) is 5.91 Å². The summed E-state index contributed by atoms with van der Waals surface area (Å²) in [6.45, 7) is 1.64. The minimum absolute atomic E-state index is 0.0185. The molecule has 1 fully saturated rings. The zero-order chi connectivity index (χ0) is 19.3. The Balaban J connectivity index is 1.40. The third-order valence-corrected chi connectivity index (χ3v) is 5.75. The number of hydrogen-bond acceptors (Lipinski definition) is 5. The van der Waals surface area contributed by atoms with Crippen molar-refractivity contribution in [3.63, 3.8) is 0 Å². The molecule has 0 unspecified atom stereocenters. The molecule has 3 aromatic rings. The van der Waals surface area contributed by atoms with Gasteiger partial charge in [0.25, 0.3) is 11.1 Å². The van der Waals surface area contributed by atoms with Gasteiger partial charge in [0.05, 0.1) is 5.39 Å². The third-order valence-electron chi connectivity index (χ3n) is 5.75. The minimum atomic E-state index is -0.312. The van der Waals surface area contributed by atoms with Crippen LogP contribution in [0.4, 0.5) is 0 Å². The van der Waals surface area contributed by atoms with Crippen LogP contribution in [0.3, 0.4) is 0 Å². The Morgan fingerprint density at radius 2 is 1.89 bits per heavy atom. The first-order valence-corrected chi connectivity index (χ1v) is 9.40. The molecule has 0 spiro atoms. The van der Waals surface area contributed by atoms with Gasteiger partial charge in [0.15, 0.2) is 0 Å². The van der Waals surface area contributed by atoms with Crippen molar-refractivity contribution >= 4 is 16.8 Å². The summed E-state index contributed by atoms with van der Waals surface area (Å²) < 4.78 is 2.97. The number of nitrogens with zero attached hydrogens (tertiary/aromatic N) is 5. The lowest BCUT2D eigenvalue weighted by molar-refractivity contribution is -0.134. The Morgan fingerprint density at radius 3 is 2.79 bits per heavy atom. The van der Waals surface area contributed by atoms with E-state index in [2.05, 4.69) is 10.3 Å². The molecule has 0 aliphatic carbocycles. The predicted molar refractivity (Wildman–Crippen MR) is 102 cm³/mol. The molecule has 2 aliphatic rings. The summed E-state index contributed by atoms with van der Waals surface area (Å²) in [5.41, 5.74) is 1.22. The van der Waals surface area contributed by atoms with Gasteiger partial charge in [-0.1, -0.05) is 23.4 Å². The van der Waals surface area contributed by atoms with E-state index in [4.69, 9.17) is 0 Å². The van der Waals surface area contributed by atoms with E-state index in [0.29, 0.717) is 30.5 Å². The van der Waals surface area contributed by atoms with Crippen molar-refractivity contribution in [3.8, 4) is 0 Å². The van der Waals surface area contributed by atoms with Crippen LogP contribution in [-0.2, 0) is 17.9 Å². The second-order valence-corrected chi connectivity index (χ2v) is 7.57. The number of pyridine rings is 1. The molecule has 1 saturated heterocycles. The van der Waals surface area contributed by atoms with Crippen LogP contribution < -0.4 is 11.1 Å². The summed E-state index contributed by atoms with van der Waals surface area (Å²) >= 11 is 0. The largest absolute Gasteiger partial charge is 0.340 e. The molecule has 2 bridgehead atoms. The van der Waals surface area contributed by atoms with Crippen molar-refractivity contribution in [2.24, 2.45) is 5.92 Å². The Kier molecular flexibility index (Phi) is 3.85. The monoisotopic (exact) mass is 377 g/mol. The lowest BCUT2D eigenvalue weighted by Gasteiger charge is -2.42. The molecule has 5 rings (SSSR count). The highest BCUT2D eigenvalue weighted by atomic mass is 16.2. The van der Waals surface area contributed by atoms with E-state index in [1.54, 1.807) is 41.3 Å². The van der Waals surface area contributed by atoms with Crippen molar-refractivity contribution < 1.29 is 4.79 Å². The smallest absolute Gasteiger partial charge is 0.278 e. The maximum Gasteiger partial charge on any atom is 0.278 e. The Bertz CT molecular complexity index is 1200. The summed E-state index contributed by atoms with van der Waals surface area (Å²) in [6.07, 6.45) is 0.975. The van der Waals surface area contributed by atoms with Gasteiger partial charge in [-0.25, -0.2) is 4.68 Å². The molecule has 2 aromatic heterocycles. The average molecular weight is 377 g/mol. The molecule has 2 atom stereocenters. The molecule has 0 N–H and O–H groups in total. The van der Waals surface area contributed by atoms with Crippen LogP contribution >= 0.6 is 0 Å². The van der Waals surface area contributed by atoms with Gasteiger partial charge in [0.1, 0.15) is 12.1 Å². The minimum Gasteiger partial charge on any atom is -0.340 e. The van der Waals surface area contributed by atoms with E-state index in [-0.39, 0.29) is 35.4 Å². The van der Waals surface area contributed by atoms with E-state index in [1.807, 2.05) is 10.6 Å². The average Bonchev–Trinajstić information content (AvgIpc) is 2.71.